The molecule has 2 aromatic rings. The van der Waals surface area contributed by atoms with Crippen LogP contribution in [0.5, 0.6) is 0 Å². The molecule has 234 valence electrons. The van der Waals surface area contributed by atoms with E-state index in [0.717, 1.165) is 11.1 Å². The van der Waals surface area contributed by atoms with Gasteiger partial charge in [-0.1, -0.05) is 81.4 Å². The van der Waals surface area contributed by atoms with E-state index < -0.39 is 41.8 Å². The summed E-state index contributed by atoms with van der Waals surface area (Å²) < 4.78 is 0. The van der Waals surface area contributed by atoms with Gasteiger partial charge in [0.1, 0.15) is 0 Å². The molecule has 0 radical (unpaired) electrons. The average molecular weight is 586 g/mol. The van der Waals surface area contributed by atoms with Gasteiger partial charge >= 0.3 is 6.09 Å². The molecule has 0 heterocycles. The number of nitrogens with zero attached hydrogens (tertiary/aromatic N) is 1. The van der Waals surface area contributed by atoms with E-state index >= 15 is 0 Å². The van der Waals surface area contributed by atoms with Crippen LogP contribution < -0.4 is 10.6 Å². The first kappa shape index (κ1) is 35.2. The third-order valence-electron chi connectivity index (χ3n) is 7.57. The molecule has 9 nitrogen and oxygen atoms in total. The lowest BCUT2D eigenvalue weighted by Gasteiger charge is -2.42. The summed E-state index contributed by atoms with van der Waals surface area (Å²) in [5, 5.41) is 48.2. The van der Waals surface area contributed by atoms with Gasteiger partial charge in [-0.15, -0.1) is 0 Å². The van der Waals surface area contributed by atoms with Crippen LogP contribution in [-0.4, -0.2) is 86.9 Å². The lowest BCUT2D eigenvalue weighted by Crippen LogP contribution is -2.58. The summed E-state index contributed by atoms with van der Waals surface area (Å²) in [7, 11) is 0. The summed E-state index contributed by atoms with van der Waals surface area (Å²) in [6.45, 7) is 11.2. The first-order valence-corrected chi connectivity index (χ1v) is 14.7. The summed E-state index contributed by atoms with van der Waals surface area (Å²) >= 11 is 0. The second-order valence-electron chi connectivity index (χ2n) is 13.1. The Bertz CT molecular complexity index is 1080. The van der Waals surface area contributed by atoms with Crippen LogP contribution in [0.1, 0.15) is 59.1 Å². The molecule has 0 saturated heterocycles. The lowest BCUT2D eigenvalue weighted by atomic mass is 9.78. The van der Waals surface area contributed by atoms with Gasteiger partial charge in [-0.25, -0.2) is 4.79 Å². The fourth-order valence-electron chi connectivity index (χ4n) is 5.36. The summed E-state index contributed by atoms with van der Waals surface area (Å²) in [6, 6.07) is 17.6. The molecule has 2 rings (SSSR count). The highest BCUT2D eigenvalue weighted by Gasteiger charge is 2.38. The van der Waals surface area contributed by atoms with Gasteiger partial charge in [0.25, 0.3) is 0 Å². The molecule has 5 atom stereocenters. The van der Waals surface area contributed by atoms with Gasteiger partial charge in [0.05, 0.1) is 24.3 Å². The van der Waals surface area contributed by atoms with Crippen LogP contribution in [0, 0.1) is 11.3 Å². The Morgan fingerprint density at radius 2 is 1.31 bits per heavy atom. The molecular formula is C33H51N3O6. The number of rotatable bonds is 15. The molecule has 0 aliphatic carbocycles. The van der Waals surface area contributed by atoms with Crippen molar-refractivity contribution in [1.82, 2.24) is 15.5 Å². The zero-order chi connectivity index (χ0) is 31.5. The Morgan fingerprint density at radius 3 is 1.76 bits per heavy atom. The molecule has 0 saturated carbocycles. The highest BCUT2D eigenvalue weighted by molar-refractivity contribution is 5.79. The Labute approximate surface area is 251 Å². The molecule has 42 heavy (non-hydrogen) atoms. The molecule has 0 bridgehead atoms. The minimum atomic E-state index is -1.12. The van der Waals surface area contributed by atoms with Crippen molar-refractivity contribution in [2.24, 2.45) is 11.3 Å². The number of benzene rings is 2. The largest absolute Gasteiger partial charge is 0.465 e. The Kier molecular flexibility index (Phi) is 13.4. The summed E-state index contributed by atoms with van der Waals surface area (Å²) in [4.78, 5) is 26.9. The van der Waals surface area contributed by atoms with Gasteiger partial charge in [0, 0.05) is 31.2 Å². The van der Waals surface area contributed by atoms with Crippen LogP contribution in [0.25, 0.3) is 0 Å². The number of carbonyl (C=O) groups excluding carboxylic acids is 1. The van der Waals surface area contributed by atoms with Crippen molar-refractivity contribution >= 4 is 12.0 Å². The predicted molar refractivity (Wildman–Crippen MR) is 165 cm³/mol. The number of nitrogens with one attached hydrogen (secondary N) is 2. The van der Waals surface area contributed by atoms with Gasteiger partial charge in [-0.2, -0.15) is 0 Å². The fourth-order valence-corrected chi connectivity index (χ4v) is 5.36. The third kappa shape index (κ3) is 11.0. The van der Waals surface area contributed by atoms with Crippen molar-refractivity contribution in [2.45, 2.75) is 90.6 Å². The second-order valence-corrected chi connectivity index (χ2v) is 13.1. The van der Waals surface area contributed by atoms with Crippen molar-refractivity contribution in [3.05, 3.63) is 71.8 Å². The topological polar surface area (TPSA) is 142 Å². The number of hydrogen-bond donors (Lipinski definition) is 6. The molecule has 1 unspecified atom stereocenters. The van der Waals surface area contributed by atoms with E-state index in [1.165, 1.54) is 4.90 Å². The molecule has 0 spiro atoms. The first-order valence-electron chi connectivity index (χ1n) is 14.7. The maximum Gasteiger partial charge on any atom is 0.408 e. The lowest BCUT2D eigenvalue weighted by molar-refractivity contribution is -0.130. The molecule has 0 aromatic heterocycles. The summed E-state index contributed by atoms with van der Waals surface area (Å²) in [6.07, 6.45) is -2.16. The van der Waals surface area contributed by atoms with Crippen molar-refractivity contribution in [1.29, 1.82) is 0 Å². The molecule has 2 aromatic carbocycles. The van der Waals surface area contributed by atoms with Crippen LogP contribution in [0.2, 0.25) is 0 Å². The van der Waals surface area contributed by atoms with E-state index in [1.807, 2.05) is 81.4 Å². The minimum absolute atomic E-state index is 0.0373. The summed E-state index contributed by atoms with van der Waals surface area (Å²) in [5.74, 6) is -0.678. The molecule has 0 aliphatic heterocycles. The van der Waals surface area contributed by atoms with Crippen LogP contribution in [-0.2, 0) is 17.6 Å². The fraction of sp³-hybridized carbons (Fsp3) is 0.576. The maximum atomic E-state index is 13.3. The Morgan fingerprint density at radius 1 is 0.810 bits per heavy atom. The molecule has 6 N–H and O–H groups in total. The molecule has 2 amide bonds. The average Bonchev–Trinajstić information content (AvgIpc) is 2.90. The SMILES string of the molecule is CC(C)(C)C(CCO)C(=O)N[C@@H](Cc1ccccc1)[C@H](O)CNC[C@@H](O)[C@H](Cc1ccccc1)N(C(=O)O)C(C)(C)C. The first-order chi connectivity index (χ1) is 19.6. The van der Waals surface area contributed by atoms with Gasteiger partial charge in [-0.05, 0) is 56.6 Å². The number of hydrogen-bond acceptors (Lipinski definition) is 6. The van der Waals surface area contributed by atoms with Crippen LogP contribution in [0.15, 0.2) is 60.7 Å². The molecule has 0 aliphatic rings. The van der Waals surface area contributed by atoms with E-state index in [9.17, 15) is 30.0 Å². The van der Waals surface area contributed by atoms with Crippen molar-refractivity contribution < 1.29 is 30.0 Å². The molecular weight excluding hydrogens is 534 g/mol. The van der Waals surface area contributed by atoms with Crippen LogP contribution in [0.3, 0.4) is 0 Å². The zero-order valence-electron chi connectivity index (χ0n) is 26.0. The zero-order valence-corrected chi connectivity index (χ0v) is 26.0. The van der Waals surface area contributed by atoms with Crippen LogP contribution in [0.4, 0.5) is 4.79 Å². The van der Waals surface area contributed by atoms with Gasteiger partial charge in [-0.3, -0.25) is 9.69 Å². The summed E-state index contributed by atoms with van der Waals surface area (Å²) in [5.41, 5.74) is 0.712. The maximum absolute atomic E-state index is 13.3. The standard InChI is InChI=1S/C33H51N3O6/c1-32(2,3)25(17-18-37)30(40)35-26(19-23-13-9-7-10-14-23)28(38)21-34-22-29(39)27(20-24-15-11-8-12-16-24)36(31(41)42)33(4,5)6/h7-16,25-29,34,37-39H,17-22H2,1-6H3,(H,35,40)(H,41,42)/t25?,26-,27-,28+,29+/m0/s1. The van der Waals surface area contributed by atoms with Gasteiger partial charge in [0.15, 0.2) is 0 Å². The second kappa shape index (κ2) is 16.0. The molecule has 0 fully saturated rings. The van der Waals surface area contributed by atoms with E-state index in [1.54, 1.807) is 20.8 Å². The number of aliphatic hydroxyl groups is 3. The van der Waals surface area contributed by atoms with E-state index in [4.69, 9.17) is 0 Å². The molecule has 9 heteroatoms. The number of carbonyl (C=O) groups is 2. The van der Waals surface area contributed by atoms with E-state index in [2.05, 4.69) is 10.6 Å². The van der Waals surface area contributed by atoms with Crippen LogP contribution >= 0.6 is 0 Å². The normalized spacial score (nSPS) is 15.7. The quantitative estimate of drug-likeness (QED) is 0.188. The smallest absolute Gasteiger partial charge is 0.408 e. The van der Waals surface area contributed by atoms with Crippen molar-refractivity contribution in [2.75, 3.05) is 19.7 Å². The van der Waals surface area contributed by atoms with E-state index in [-0.39, 0.29) is 31.0 Å². The predicted octanol–water partition coefficient (Wildman–Crippen LogP) is 3.46. The highest BCUT2D eigenvalue weighted by atomic mass is 16.4. The van der Waals surface area contributed by atoms with E-state index in [0.29, 0.717) is 19.3 Å². The third-order valence-corrected chi connectivity index (χ3v) is 7.57. The number of amides is 2. The highest BCUT2D eigenvalue weighted by Crippen LogP contribution is 2.29. The number of carboxylic acid groups (broad SMARTS) is 1. The van der Waals surface area contributed by atoms with Gasteiger partial charge in [0.2, 0.25) is 5.91 Å². The monoisotopic (exact) mass is 585 g/mol. The number of aliphatic hydroxyl groups excluding tert-OH is 3. The minimum Gasteiger partial charge on any atom is -0.465 e. The van der Waals surface area contributed by atoms with Crippen molar-refractivity contribution in [3.8, 4) is 0 Å². The van der Waals surface area contributed by atoms with Crippen molar-refractivity contribution in [3.63, 3.8) is 0 Å². The van der Waals surface area contributed by atoms with Gasteiger partial charge < -0.3 is 31.1 Å². The Hall–Kier alpha value is -2.98. The Balaban J connectivity index is 2.18.